The molecule has 0 bridgehead atoms. The first-order valence-corrected chi connectivity index (χ1v) is 11.1. The SMILES string of the molecule is COC(=O)C(CCN=[N+]=[N-])NC(=O)CCCCCCCCCCCCCCC(=O)O. The molecule has 0 saturated heterocycles. The third-order valence-electron chi connectivity index (χ3n) is 4.95. The molecule has 0 aliphatic carbocycles. The van der Waals surface area contributed by atoms with Gasteiger partial charge in [-0.1, -0.05) is 69.3 Å². The van der Waals surface area contributed by atoms with Crippen molar-refractivity contribution in [3.05, 3.63) is 10.4 Å². The van der Waals surface area contributed by atoms with Gasteiger partial charge in [0.2, 0.25) is 5.91 Å². The zero-order valence-electron chi connectivity index (χ0n) is 18.3. The molecule has 2 N–H and O–H groups in total. The summed E-state index contributed by atoms with van der Waals surface area (Å²) in [5.41, 5.74) is 8.30. The number of azide groups is 1. The molecule has 9 heteroatoms. The van der Waals surface area contributed by atoms with Crippen molar-refractivity contribution in [1.29, 1.82) is 0 Å². The van der Waals surface area contributed by atoms with Crippen LogP contribution >= 0.6 is 0 Å². The molecule has 1 amide bonds. The van der Waals surface area contributed by atoms with Gasteiger partial charge in [0, 0.05) is 24.3 Å². The zero-order chi connectivity index (χ0) is 22.5. The minimum Gasteiger partial charge on any atom is -0.481 e. The third kappa shape index (κ3) is 17.8. The van der Waals surface area contributed by atoms with E-state index in [1.165, 1.54) is 39.2 Å². The number of ether oxygens (including phenoxy) is 1. The molecule has 0 aromatic rings. The summed E-state index contributed by atoms with van der Waals surface area (Å²) in [6.45, 7) is 0.126. The lowest BCUT2D eigenvalue weighted by molar-refractivity contribution is -0.145. The summed E-state index contributed by atoms with van der Waals surface area (Å²) in [5.74, 6) is -1.42. The molecule has 1 unspecified atom stereocenters. The number of nitrogens with one attached hydrogen (secondary N) is 1. The highest BCUT2D eigenvalue weighted by molar-refractivity contribution is 5.84. The number of hydrogen-bond donors (Lipinski definition) is 2. The fourth-order valence-corrected chi connectivity index (χ4v) is 3.22. The molecular formula is C21H38N4O5. The number of rotatable bonds is 20. The molecule has 0 radical (unpaired) electrons. The van der Waals surface area contributed by atoms with Crippen LogP contribution < -0.4 is 5.32 Å². The predicted octanol–water partition coefficient (Wildman–Crippen LogP) is 4.89. The van der Waals surface area contributed by atoms with Gasteiger partial charge in [0.25, 0.3) is 0 Å². The van der Waals surface area contributed by atoms with E-state index >= 15 is 0 Å². The Morgan fingerprint density at radius 1 is 0.900 bits per heavy atom. The van der Waals surface area contributed by atoms with E-state index in [0.717, 1.165) is 44.9 Å². The van der Waals surface area contributed by atoms with E-state index in [1.54, 1.807) is 0 Å². The Morgan fingerprint density at radius 2 is 1.37 bits per heavy atom. The first kappa shape index (κ1) is 27.7. The lowest BCUT2D eigenvalue weighted by Crippen LogP contribution is -2.41. The van der Waals surface area contributed by atoms with E-state index in [2.05, 4.69) is 20.1 Å². The lowest BCUT2D eigenvalue weighted by atomic mass is 10.0. The quantitative estimate of drug-likeness (QED) is 0.0937. The van der Waals surface area contributed by atoms with Crippen LogP contribution in [0.1, 0.15) is 96.3 Å². The highest BCUT2D eigenvalue weighted by Gasteiger charge is 2.20. The molecule has 0 fully saturated rings. The Kier molecular flexibility index (Phi) is 18.5. The van der Waals surface area contributed by atoms with Crippen molar-refractivity contribution in [1.82, 2.24) is 5.32 Å². The Bertz CT molecular complexity index is 535. The second kappa shape index (κ2) is 20.0. The monoisotopic (exact) mass is 426 g/mol. The summed E-state index contributed by atoms with van der Waals surface area (Å²) in [7, 11) is 1.26. The van der Waals surface area contributed by atoms with Crippen LogP contribution in [0.5, 0.6) is 0 Å². The number of hydrogen-bond acceptors (Lipinski definition) is 5. The van der Waals surface area contributed by atoms with Crippen LogP contribution in [-0.2, 0) is 19.1 Å². The van der Waals surface area contributed by atoms with Gasteiger partial charge >= 0.3 is 11.9 Å². The topological polar surface area (TPSA) is 141 Å². The minimum absolute atomic E-state index is 0.126. The van der Waals surface area contributed by atoms with E-state index < -0.39 is 18.0 Å². The number of carbonyl (C=O) groups excluding carboxylic acids is 2. The first-order chi connectivity index (χ1) is 14.5. The summed E-state index contributed by atoms with van der Waals surface area (Å²) in [6, 6.07) is -0.773. The molecular weight excluding hydrogens is 388 g/mol. The highest BCUT2D eigenvalue weighted by atomic mass is 16.5. The van der Waals surface area contributed by atoms with Crippen molar-refractivity contribution in [3.8, 4) is 0 Å². The lowest BCUT2D eigenvalue weighted by Gasteiger charge is -2.15. The summed E-state index contributed by atoms with van der Waals surface area (Å²) in [4.78, 5) is 36.7. The first-order valence-electron chi connectivity index (χ1n) is 11.1. The maximum Gasteiger partial charge on any atom is 0.328 e. The van der Waals surface area contributed by atoms with Gasteiger partial charge in [-0.05, 0) is 24.8 Å². The largest absolute Gasteiger partial charge is 0.481 e. The van der Waals surface area contributed by atoms with Crippen LogP contribution in [0.15, 0.2) is 5.11 Å². The Morgan fingerprint density at radius 3 is 1.80 bits per heavy atom. The average molecular weight is 427 g/mol. The van der Waals surface area contributed by atoms with Crippen molar-refractivity contribution >= 4 is 17.8 Å². The fraction of sp³-hybridized carbons (Fsp3) is 0.857. The molecule has 0 aromatic heterocycles. The van der Waals surface area contributed by atoms with Crippen LogP contribution in [0.4, 0.5) is 0 Å². The number of aliphatic carboxylic acids is 1. The van der Waals surface area contributed by atoms with Crippen molar-refractivity contribution in [2.45, 2.75) is 102 Å². The molecule has 9 nitrogen and oxygen atoms in total. The Labute approximate surface area is 179 Å². The molecule has 172 valence electrons. The molecule has 30 heavy (non-hydrogen) atoms. The van der Waals surface area contributed by atoms with Gasteiger partial charge in [0.1, 0.15) is 6.04 Å². The number of nitrogens with zero attached hydrogens (tertiary/aromatic N) is 3. The normalized spacial score (nSPS) is 11.4. The number of esters is 1. The van der Waals surface area contributed by atoms with E-state index in [1.807, 2.05) is 0 Å². The van der Waals surface area contributed by atoms with E-state index in [4.69, 9.17) is 10.6 Å². The van der Waals surface area contributed by atoms with Gasteiger partial charge in [0.15, 0.2) is 0 Å². The number of unbranched alkanes of at least 4 members (excludes halogenated alkanes) is 11. The van der Waals surface area contributed by atoms with Gasteiger partial charge in [-0.15, -0.1) is 0 Å². The molecule has 0 spiro atoms. The zero-order valence-corrected chi connectivity index (χ0v) is 18.3. The summed E-state index contributed by atoms with van der Waals surface area (Å²) in [5, 5.41) is 14.6. The van der Waals surface area contributed by atoms with Gasteiger partial charge < -0.3 is 15.2 Å². The van der Waals surface area contributed by atoms with Crippen molar-refractivity contribution < 1.29 is 24.2 Å². The van der Waals surface area contributed by atoms with Crippen molar-refractivity contribution in [2.24, 2.45) is 5.11 Å². The van der Waals surface area contributed by atoms with Gasteiger partial charge in [-0.25, -0.2) is 4.79 Å². The van der Waals surface area contributed by atoms with Crippen LogP contribution in [0, 0.1) is 0 Å². The standard InChI is InChI=1S/C21H38N4O5/c1-30-21(29)18(16-17-23-25-22)24-19(26)14-12-10-8-6-4-2-3-5-7-9-11-13-15-20(27)28/h18H,2-17H2,1H3,(H,24,26)(H,27,28). The van der Waals surface area contributed by atoms with Gasteiger partial charge in [-0.2, -0.15) is 0 Å². The smallest absolute Gasteiger partial charge is 0.328 e. The Balaban J connectivity index is 3.57. The van der Waals surface area contributed by atoms with E-state index in [0.29, 0.717) is 6.42 Å². The van der Waals surface area contributed by atoms with Crippen LogP contribution in [0.2, 0.25) is 0 Å². The number of carboxylic acids is 1. The fourth-order valence-electron chi connectivity index (χ4n) is 3.22. The molecule has 0 saturated carbocycles. The number of carbonyl (C=O) groups is 3. The maximum atomic E-state index is 12.0. The summed E-state index contributed by atoms with van der Waals surface area (Å²) < 4.78 is 4.66. The Hall–Kier alpha value is -2.28. The molecule has 0 aliphatic heterocycles. The predicted molar refractivity (Wildman–Crippen MR) is 115 cm³/mol. The van der Waals surface area contributed by atoms with Crippen molar-refractivity contribution in [2.75, 3.05) is 13.7 Å². The van der Waals surface area contributed by atoms with Crippen LogP contribution in [0.3, 0.4) is 0 Å². The van der Waals surface area contributed by atoms with Crippen molar-refractivity contribution in [3.63, 3.8) is 0 Å². The molecule has 1 atom stereocenters. The van der Waals surface area contributed by atoms with Gasteiger partial charge in [-0.3, -0.25) is 9.59 Å². The molecule has 0 heterocycles. The number of amides is 1. The van der Waals surface area contributed by atoms with E-state index in [9.17, 15) is 14.4 Å². The second-order valence-corrected chi connectivity index (χ2v) is 7.52. The second-order valence-electron chi connectivity index (χ2n) is 7.52. The molecule has 0 aliphatic rings. The van der Waals surface area contributed by atoms with E-state index in [-0.39, 0.29) is 25.3 Å². The summed E-state index contributed by atoms with van der Waals surface area (Å²) in [6.07, 6.45) is 13.9. The third-order valence-corrected chi connectivity index (χ3v) is 4.95. The maximum absolute atomic E-state index is 12.0. The minimum atomic E-state index is -0.773. The molecule has 0 aromatic carbocycles. The van der Waals surface area contributed by atoms with Crippen LogP contribution in [-0.4, -0.2) is 42.6 Å². The average Bonchev–Trinajstić information content (AvgIpc) is 2.72. The van der Waals surface area contributed by atoms with Gasteiger partial charge in [0.05, 0.1) is 7.11 Å². The number of carboxylic acid groups (broad SMARTS) is 1. The molecule has 0 rings (SSSR count). The summed E-state index contributed by atoms with van der Waals surface area (Å²) >= 11 is 0. The number of methoxy groups -OCH3 is 1. The van der Waals surface area contributed by atoms with Crippen LogP contribution in [0.25, 0.3) is 10.4 Å². The highest BCUT2D eigenvalue weighted by Crippen LogP contribution is 2.13.